The summed E-state index contributed by atoms with van der Waals surface area (Å²) in [6.07, 6.45) is 3.18. The van der Waals surface area contributed by atoms with E-state index in [2.05, 4.69) is 21.3 Å². The number of ether oxygens (including phenoxy) is 6. The van der Waals surface area contributed by atoms with Gasteiger partial charge in [-0.1, -0.05) is 118 Å². The lowest BCUT2D eigenvalue weighted by Gasteiger charge is -2.30. The van der Waals surface area contributed by atoms with E-state index in [9.17, 15) is 69.9 Å². The molecule has 2 aliphatic carbocycles. The molecule has 2 aromatic carbocycles. The fourth-order valence-corrected chi connectivity index (χ4v) is 19.7. The average molecular weight is 1740 g/mol. The first-order valence-corrected chi connectivity index (χ1v) is 41.9. The van der Waals surface area contributed by atoms with Crippen molar-refractivity contribution in [3.8, 4) is 0 Å². The number of nitrogens with two attached hydrogens (primary N) is 1. The number of alkyl carbamates (subject to hydrolysis) is 2. The number of nitrogens with zero attached hydrogens (tertiary/aromatic N) is 4. The maximum atomic E-state index is 14.3. The van der Waals surface area contributed by atoms with Crippen LogP contribution in [0.1, 0.15) is 115 Å². The predicted molar refractivity (Wildman–Crippen MR) is 408 cm³/mol. The van der Waals surface area contributed by atoms with Crippen molar-refractivity contribution >= 4 is 172 Å². The van der Waals surface area contributed by atoms with Crippen LogP contribution in [0, 0.1) is 11.8 Å². The van der Waals surface area contributed by atoms with Gasteiger partial charge in [-0.25, -0.2) is 50.7 Å². The van der Waals surface area contributed by atoms with Gasteiger partial charge in [0.25, 0.3) is 15.9 Å². The zero-order valence-corrected chi connectivity index (χ0v) is 68.5. The summed E-state index contributed by atoms with van der Waals surface area (Å²) in [5.74, 6) is -6.01. The van der Waals surface area contributed by atoms with E-state index in [1.165, 1.54) is 25.7 Å². The van der Waals surface area contributed by atoms with Gasteiger partial charge in [-0.3, -0.25) is 33.8 Å². The zero-order chi connectivity index (χ0) is 81.0. The number of hydrogen-bond acceptors (Lipinski definition) is 22. The van der Waals surface area contributed by atoms with Crippen molar-refractivity contribution in [1.29, 1.82) is 0 Å². The van der Waals surface area contributed by atoms with Crippen LogP contribution in [0.5, 0.6) is 0 Å². The number of sulfonamides is 2. The predicted octanol–water partition coefficient (Wildman–Crippen LogP) is 9.45. The fraction of sp³-hybridized carbons (Fsp3) is 0.514. The quantitative estimate of drug-likeness (QED) is 0.0605. The van der Waals surface area contributed by atoms with Gasteiger partial charge in [0.1, 0.15) is 77.1 Å². The Morgan fingerprint density at radius 2 is 1.02 bits per heavy atom. The number of nitrogens with one attached hydrogen (secondary N) is 5. The smallest absolute Gasteiger partial charge is 0.410 e. The minimum atomic E-state index is -4.51. The Bertz CT molecular complexity index is 4590. The fourth-order valence-electron chi connectivity index (χ4n) is 13.3. The van der Waals surface area contributed by atoms with Gasteiger partial charge in [-0.2, -0.15) is 0 Å². The van der Waals surface area contributed by atoms with Gasteiger partial charge < -0.3 is 64.6 Å². The number of rotatable bonds is 9. The minimum absolute atomic E-state index is 0.0197. The van der Waals surface area contributed by atoms with Gasteiger partial charge in [-0.15, -0.1) is 22.7 Å². The maximum Gasteiger partial charge on any atom is 0.410 e. The average Bonchev–Trinajstić information content (AvgIpc) is 1.59. The highest BCUT2D eigenvalue weighted by molar-refractivity contribution is 7.90. The van der Waals surface area contributed by atoms with Crippen LogP contribution >= 0.6 is 92.3 Å². The molecule has 8 heterocycles. The minimum Gasteiger partial charge on any atom is -0.479 e. The standard InChI is InChI=1S/C35H40Cl3N5O10S2.C31H39ClN4O9.C4H3Cl2NO2S2/c1-34(2,3)53-32(47)39-24-10-12-51-11-5-4-8-20-15-35(20,31(46)41-55(49,50)26-14-27(37)54-28(26)38)40-29(44)25-13-21(17-43(25)30(24)45)52-33(48)42-16-19-7-6-9-23(36)22(19)18-42;1-30(2,3)45-28(41)33-23-10-12-43-11-5-4-8-19-14-31(19,27(39)40)34-25(37)24-13-20(16-36(24)26(23)38)44-29(42)35-15-18-7-6-9-22(32)21(18)17-35;5-3-1-2(4(6)10-3)11(7,8)9/h4,6-9,14,20-21,24-25H,5,10-13,15-18H2,1-3H3,(H,39,47)(H,40,44)(H,41,46);4,6-9,19-20,23-24H,5,10-17H2,1-3H3,(H,33,41)(H,34,37)(H,39,40);1H,(H2,7,8,9)/b2*8-4-;/t20-,21-,24+,25+,35-;19-,20-,23+,24+,31-;/m11./s1. The molecule has 10 atom stereocenters. The number of fused-ring (bicyclic) bond motifs is 6. The molecule has 0 spiro atoms. The molecule has 0 radical (unpaired) electrons. The summed E-state index contributed by atoms with van der Waals surface area (Å²) >= 11 is 37.5. The second-order valence-electron chi connectivity index (χ2n) is 29.3. The van der Waals surface area contributed by atoms with Crippen molar-refractivity contribution in [3.05, 3.63) is 122 Å². The van der Waals surface area contributed by atoms with Crippen LogP contribution in [0.15, 0.2) is 82.6 Å². The van der Waals surface area contributed by atoms with Crippen LogP contribution in [-0.4, -0.2) is 200 Å². The van der Waals surface area contributed by atoms with E-state index >= 15 is 0 Å². The van der Waals surface area contributed by atoms with Gasteiger partial charge >= 0.3 is 30.3 Å². The van der Waals surface area contributed by atoms with E-state index in [1.807, 2.05) is 22.9 Å². The molecule has 4 aromatic rings. The molecule has 111 heavy (non-hydrogen) atoms. The number of amides is 9. The first-order valence-electron chi connectivity index (χ1n) is 34.9. The van der Waals surface area contributed by atoms with Gasteiger partial charge in [0, 0.05) is 73.9 Å². The Morgan fingerprint density at radius 3 is 1.41 bits per heavy atom. The summed E-state index contributed by atoms with van der Waals surface area (Å²) < 4.78 is 84.2. The van der Waals surface area contributed by atoms with E-state index in [0.29, 0.717) is 40.4 Å². The van der Waals surface area contributed by atoms with Crippen molar-refractivity contribution in [2.45, 2.75) is 188 Å². The molecule has 8 aliphatic rings. The largest absolute Gasteiger partial charge is 0.479 e. The summed E-state index contributed by atoms with van der Waals surface area (Å²) in [4.78, 5) is 140. The van der Waals surface area contributed by atoms with Gasteiger partial charge in [0.15, 0.2) is 0 Å². The lowest BCUT2D eigenvalue weighted by molar-refractivity contribution is -0.145. The van der Waals surface area contributed by atoms with Gasteiger partial charge in [0.2, 0.25) is 33.7 Å². The zero-order valence-electron chi connectivity index (χ0n) is 60.7. The lowest BCUT2D eigenvalue weighted by atomic mass is 10.1. The molecule has 8 N–H and O–H groups in total. The number of aliphatic carboxylic acids is 1. The second kappa shape index (κ2) is 35.2. The van der Waals surface area contributed by atoms with Crippen molar-refractivity contribution in [1.82, 2.24) is 45.6 Å². The van der Waals surface area contributed by atoms with E-state index in [1.54, 1.807) is 84.0 Å². The highest BCUT2D eigenvalue weighted by Gasteiger charge is 2.63. The molecule has 2 saturated heterocycles. The van der Waals surface area contributed by atoms with E-state index < -0.39 is 155 Å². The van der Waals surface area contributed by atoms with E-state index in [0.717, 1.165) is 51.0 Å². The first kappa shape index (κ1) is 86.2. The summed E-state index contributed by atoms with van der Waals surface area (Å²) in [6.45, 7) is 11.4. The summed E-state index contributed by atoms with van der Waals surface area (Å²) in [5.41, 5.74) is -1.56. The Balaban J connectivity index is 0.000000210. The van der Waals surface area contributed by atoms with Crippen molar-refractivity contribution in [3.63, 3.8) is 0 Å². The Hall–Kier alpha value is -7.26. The molecule has 0 unspecified atom stereocenters. The molecule has 41 heteroatoms. The molecule has 604 valence electrons. The SMILES string of the molecule is CC(C)(C)OC(=O)N[C@H]1CCOCC/C=C\[C@@H]2C[C@@]2(C(=O)NS(=O)(=O)c2cc(Cl)sc2Cl)NC(=O)[C@@H]2C[C@@H](OC(=O)N3Cc4cccc(Cl)c4C3)CN2C1=O.CC(C)(C)OC(=O)N[C@H]1CCOCC/C=C\[C@@H]2C[C@@]2(C(=O)O)NC(=O)[C@@H]2C[C@@H](OC(=O)N3Cc4cccc(Cl)c4C3)CN2C1=O.NS(=O)(=O)c1cc(Cl)sc1Cl. The van der Waals surface area contributed by atoms with E-state index in [4.69, 9.17) is 103 Å². The Morgan fingerprint density at radius 1 is 0.604 bits per heavy atom. The monoisotopic (exact) mass is 1740 g/mol. The van der Waals surface area contributed by atoms with Crippen LogP contribution in [0.25, 0.3) is 0 Å². The molecule has 4 fully saturated rings. The highest BCUT2D eigenvalue weighted by atomic mass is 35.5. The van der Waals surface area contributed by atoms with Crippen LogP contribution in [-0.2, 0) is 103 Å². The third-order valence-corrected chi connectivity index (χ3v) is 25.3. The third kappa shape index (κ3) is 21.6. The maximum absolute atomic E-state index is 14.3. The molecule has 2 aromatic heterocycles. The Labute approximate surface area is 677 Å². The molecule has 2 saturated carbocycles. The highest BCUT2D eigenvalue weighted by Crippen LogP contribution is 2.48. The number of halogens is 6. The van der Waals surface area contributed by atoms with Crippen LogP contribution in [0.2, 0.25) is 27.4 Å². The number of carboxylic acids is 1. The number of thiophene rings is 2. The number of carbonyl (C=O) groups is 10. The van der Waals surface area contributed by atoms with Gasteiger partial charge in [-0.05, 0) is 114 Å². The molecule has 0 bridgehead atoms. The molecule has 12 rings (SSSR count). The van der Waals surface area contributed by atoms with Gasteiger partial charge in [0.05, 0.1) is 48.1 Å². The van der Waals surface area contributed by atoms with Crippen LogP contribution in [0.4, 0.5) is 19.2 Å². The topological polar surface area (TPSA) is 414 Å². The molecule has 9 amide bonds. The number of primary sulfonamides is 1. The second-order valence-corrected chi connectivity index (χ2v) is 37.9. The molecular formula is C70H82Cl6N10O21S4. The van der Waals surface area contributed by atoms with Crippen LogP contribution in [0.3, 0.4) is 0 Å². The molecule has 31 nitrogen and oxygen atoms in total. The van der Waals surface area contributed by atoms with E-state index in [-0.39, 0.29) is 109 Å². The normalized spacial score (nSPS) is 26.1. The van der Waals surface area contributed by atoms with Crippen LogP contribution < -0.4 is 31.1 Å². The number of benzene rings is 2. The first-order chi connectivity index (χ1) is 52.0. The molecular weight excluding hydrogens is 1660 g/mol. The van der Waals surface area contributed by atoms with Crippen molar-refractivity contribution in [2.24, 2.45) is 17.0 Å². The number of carbonyl (C=O) groups excluding carboxylic acids is 9. The summed E-state index contributed by atoms with van der Waals surface area (Å²) in [5, 5.41) is 26.5. The molecule has 6 aliphatic heterocycles. The summed E-state index contributed by atoms with van der Waals surface area (Å²) in [7, 11) is -8.23. The number of hydrogen-bond donors (Lipinski definition) is 7. The third-order valence-electron chi connectivity index (χ3n) is 18.9. The van der Waals surface area contributed by atoms with Crippen molar-refractivity contribution in [2.75, 3.05) is 39.5 Å². The van der Waals surface area contributed by atoms with Crippen molar-refractivity contribution < 1.29 is 98.3 Å². The number of carboxylic acid groups (broad SMARTS) is 1. The summed E-state index contributed by atoms with van der Waals surface area (Å²) in [6, 6.07) is 8.34. The Kier molecular flexibility index (Phi) is 27.3. The lowest BCUT2D eigenvalue weighted by Crippen LogP contribution is -2.58.